The lowest BCUT2D eigenvalue weighted by Gasteiger charge is -2.29. The molecule has 1 aliphatic rings. The summed E-state index contributed by atoms with van der Waals surface area (Å²) in [7, 11) is -2.78. The summed E-state index contributed by atoms with van der Waals surface area (Å²) in [6.45, 7) is 4.83. The number of hydrogen-bond donors (Lipinski definition) is 1. The standard InChI is InChI=1S/C14H29NO2S/c1-3-6-13-7-9-14(10-8-13)15-11-5-12-18(16,17)4-2/h13-15H,3-12H2,1-2H3. The minimum absolute atomic E-state index is 0.273. The van der Waals surface area contributed by atoms with Gasteiger partial charge < -0.3 is 5.32 Å². The molecule has 0 aliphatic heterocycles. The third kappa shape index (κ3) is 6.19. The van der Waals surface area contributed by atoms with Crippen molar-refractivity contribution in [3.63, 3.8) is 0 Å². The predicted octanol–water partition coefficient (Wildman–Crippen LogP) is 2.76. The van der Waals surface area contributed by atoms with E-state index in [2.05, 4.69) is 12.2 Å². The van der Waals surface area contributed by atoms with Crippen LogP contribution in [0.4, 0.5) is 0 Å². The molecule has 4 heteroatoms. The number of hydrogen-bond acceptors (Lipinski definition) is 3. The predicted molar refractivity (Wildman–Crippen MR) is 77.6 cm³/mol. The van der Waals surface area contributed by atoms with Crippen LogP contribution in [0.3, 0.4) is 0 Å². The molecule has 0 aromatic rings. The van der Waals surface area contributed by atoms with Crippen LogP contribution in [-0.2, 0) is 9.84 Å². The monoisotopic (exact) mass is 275 g/mol. The third-order valence-electron chi connectivity index (χ3n) is 4.05. The zero-order valence-electron chi connectivity index (χ0n) is 12.0. The van der Waals surface area contributed by atoms with E-state index in [1.54, 1.807) is 6.92 Å². The van der Waals surface area contributed by atoms with Crippen molar-refractivity contribution in [2.45, 2.75) is 64.8 Å². The Morgan fingerprint density at radius 3 is 2.33 bits per heavy atom. The van der Waals surface area contributed by atoms with Crippen molar-refractivity contribution in [1.82, 2.24) is 5.32 Å². The lowest BCUT2D eigenvalue weighted by atomic mass is 9.83. The van der Waals surface area contributed by atoms with Crippen molar-refractivity contribution in [2.75, 3.05) is 18.1 Å². The molecule has 1 N–H and O–H groups in total. The van der Waals surface area contributed by atoms with Gasteiger partial charge in [0.2, 0.25) is 0 Å². The molecule has 0 spiro atoms. The Kier molecular flexibility index (Phi) is 7.23. The second kappa shape index (κ2) is 8.16. The SMILES string of the molecule is CCCC1CCC(NCCCS(=O)(=O)CC)CC1. The van der Waals surface area contributed by atoms with Gasteiger partial charge in [0.05, 0.1) is 5.75 Å². The van der Waals surface area contributed by atoms with Gasteiger partial charge in [0, 0.05) is 11.8 Å². The lowest BCUT2D eigenvalue weighted by Crippen LogP contribution is -2.34. The summed E-state index contributed by atoms with van der Waals surface area (Å²) in [6.07, 6.45) is 8.66. The first-order valence-electron chi connectivity index (χ1n) is 7.51. The van der Waals surface area contributed by atoms with E-state index in [9.17, 15) is 8.42 Å². The summed E-state index contributed by atoms with van der Waals surface area (Å²) in [6, 6.07) is 0.627. The van der Waals surface area contributed by atoms with Crippen molar-refractivity contribution in [3.05, 3.63) is 0 Å². The Labute approximate surface area is 113 Å². The summed E-state index contributed by atoms with van der Waals surface area (Å²) in [5.41, 5.74) is 0. The van der Waals surface area contributed by atoms with Gasteiger partial charge in [-0.25, -0.2) is 8.42 Å². The fourth-order valence-corrected chi connectivity index (χ4v) is 3.68. The molecule has 0 unspecified atom stereocenters. The number of rotatable bonds is 8. The van der Waals surface area contributed by atoms with Crippen molar-refractivity contribution >= 4 is 9.84 Å². The van der Waals surface area contributed by atoms with Gasteiger partial charge in [-0.1, -0.05) is 26.7 Å². The van der Waals surface area contributed by atoms with Crippen LogP contribution in [-0.4, -0.2) is 32.5 Å². The molecule has 0 radical (unpaired) electrons. The Morgan fingerprint density at radius 1 is 1.11 bits per heavy atom. The fraction of sp³-hybridized carbons (Fsp3) is 1.00. The maximum Gasteiger partial charge on any atom is 0.150 e. The van der Waals surface area contributed by atoms with Gasteiger partial charge in [0.1, 0.15) is 9.84 Å². The van der Waals surface area contributed by atoms with Crippen LogP contribution in [0.2, 0.25) is 0 Å². The van der Waals surface area contributed by atoms with E-state index in [1.165, 1.54) is 38.5 Å². The molecule has 3 nitrogen and oxygen atoms in total. The molecule has 0 aromatic carbocycles. The summed E-state index contributed by atoms with van der Waals surface area (Å²) in [4.78, 5) is 0. The van der Waals surface area contributed by atoms with E-state index in [4.69, 9.17) is 0 Å². The van der Waals surface area contributed by atoms with E-state index in [0.29, 0.717) is 11.8 Å². The summed E-state index contributed by atoms with van der Waals surface area (Å²) in [5, 5.41) is 3.52. The second-order valence-electron chi connectivity index (χ2n) is 5.55. The first kappa shape index (κ1) is 16.0. The molecule has 0 saturated heterocycles. The van der Waals surface area contributed by atoms with Crippen molar-refractivity contribution in [1.29, 1.82) is 0 Å². The second-order valence-corrected chi connectivity index (χ2v) is 8.02. The van der Waals surface area contributed by atoms with Crippen LogP contribution < -0.4 is 5.32 Å². The quantitative estimate of drug-likeness (QED) is 0.693. The molecule has 0 heterocycles. The van der Waals surface area contributed by atoms with Crippen LogP contribution in [0.5, 0.6) is 0 Å². The van der Waals surface area contributed by atoms with Crippen molar-refractivity contribution in [2.24, 2.45) is 5.92 Å². The molecule has 0 aromatic heterocycles. The largest absolute Gasteiger partial charge is 0.314 e. The van der Waals surface area contributed by atoms with E-state index < -0.39 is 9.84 Å². The highest BCUT2D eigenvalue weighted by Gasteiger charge is 2.19. The molecule has 108 valence electrons. The molecule has 0 amide bonds. The molecule has 18 heavy (non-hydrogen) atoms. The summed E-state index contributed by atoms with van der Waals surface area (Å²) < 4.78 is 22.7. The summed E-state index contributed by atoms with van der Waals surface area (Å²) >= 11 is 0. The summed E-state index contributed by atoms with van der Waals surface area (Å²) in [5.74, 6) is 1.55. The van der Waals surface area contributed by atoms with E-state index in [-0.39, 0.29) is 5.75 Å². The van der Waals surface area contributed by atoms with E-state index >= 15 is 0 Å². The van der Waals surface area contributed by atoms with Crippen LogP contribution in [0, 0.1) is 5.92 Å². The Bertz CT molecular complexity index is 306. The maximum absolute atomic E-state index is 11.3. The Hall–Kier alpha value is -0.0900. The zero-order chi connectivity index (χ0) is 13.4. The first-order chi connectivity index (χ1) is 8.57. The van der Waals surface area contributed by atoms with E-state index in [0.717, 1.165) is 18.9 Å². The molecule has 1 aliphatic carbocycles. The highest BCUT2D eigenvalue weighted by Crippen LogP contribution is 2.27. The van der Waals surface area contributed by atoms with Gasteiger partial charge in [-0.3, -0.25) is 0 Å². The van der Waals surface area contributed by atoms with Crippen molar-refractivity contribution in [3.8, 4) is 0 Å². The normalized spacial score (nSPS) is 25.2. The van der Waals surface area contributed by atoms with E-state index in [1.807, 2.05) is 0 Å². The van der Waals surface area contributed by atoms with Crippen LogP contribution in [0.1, 0.15) is 58.8 Å². The van der Waals surface area contributed by atoms with Gasteiger partial charge in [0.15, 0.2) is 0 Å². The molecular formula is C14H29NO2S. The topological polar surface area (TPSA) is 46.2 Å². The zero-order valence-corrected chi connectivity index (χ0v) is 12.8. The highest BCUT2D eigenvalue weighted by atomic mass is 32.2. The third-order valence-corrected chi connectivity index (χ3v) is 5.84. The van der Waals surface area contributed by atoms with Gasteiger partial charge in [0.25, 0.3) is 0 Å². The highest BCUT2D eigenvalue weighted by molar-refractivity contribution is 7.91. The smallest absolute Gasteiger partial charge is 0.150 e. The molecule has 0 atom stereocenters. The average Bonchev–Trinajstić information content (AvgIpc) is 2.37. The van der Waals surface area contributed by atoms with Crippen LogP contribution in [0.15, 0.2) is 0 Å². The molecule has 1 saturated carbocycles. The molecule has 1 rings (SSSR count). The minimum atomic E-state index is -2.78. The number of sulfone groups is 1. The Balaban J connectivity index is 2.08. The molecule has 1 fully saturated rings. The molecule has 0 bridgehead atoms. The maximum atomic E-state index is 11.3. The van der Waals surface area contributed by atoms with Crippen molar-refractivity contribution < 1.29 is 8.42 Å². The average molecular weight is 275 g/mol. The fourth-order valence-electron chi connectivity index (χ4n) is 2.81. The van der Waals surface area contributed by atoms with Gasteiger partial charge in [-0.15, -0.1) is 0 Å². The van der Waals surface area contributed by atoms with Gasteiger partial charge in [-0.05, 0) is 44.6 Å². The Morgan fingerprint density at radius 2 is 1.78 bits per heavy atom. The van der Waals surface area contributed by atoms with Crippen LogP contribution >= 0.6 is 0 Å². The molecular weight excluding hydrogens is 246 g/mol. The minimum Gasteiger partial charge on any atom is -0.314 e. The number of nitrogens with one attached hydrogen (secondary N) is 1. The van der Waals surface area contributed by atoms with Crippen LogP contribution in [0.25, 0.3) is 0 Å². The van der Waals surface area contributed by atoms with Gasteiger partial charge in [-0.2, -0.15) is 0 Å². The van der Waals surface area contributed by atoms with Gasteiger partial charge >= 0.3 is 0 Å². The first-order valence-corrected chi connectivity index (χ1v) is 9.33. The lowest BCUT2D eigenvalue weighted by molar-refractivity contribution is 0.279.